The van der Waals surface area contributed by atoms with Gasteiger partial charge in [-0.1, -0.05) is 0 Å². The molecule has 4 heteroatoms. The van der Waals surface area contributed by atoms with E-state index in [-0.39, 0.29) is 11.7 Å². The monoisotopic (exact) mass is 218 g/mol. The Morgan fingerprint density at radius 1 is 1.50 bits per heavy atom. The van der Waals surface area contributed by atoms with Crippen LogP contribution in [-0.4, -0.2) is 35.2 Å². The van der Waals surface area contributed by atoms with Gasteiger partial charge in [-0.25, -0.2) is 0 Å². The smallest absolute Gasteiger partial charge is 0.233 e. The van der Waals surface area contributed by atoms with Crippen molar-refractivity contribution in [3.05, 3.63) is 29.6 Å². The van der Waals surface area contributed by atoms with Crippen molar-refractivity contribution >= 4 is 11.7 Å². The molecule has 0 N–H and O–H groups in total. The molecule has 1 fully saturated rings. The minimum Gasteiger partial charge on any atom is -0.345 e. The highest BCUT2D eigenvalue weighted by atomic mass is 16.2. The Morgan fingerprint density at radius 3 is 2.75 bits per heavy atom. The van der Waals surface area contributed by atoms with E-state index >= 15 is 0 Å². The zero-order valence-corrected chi connectivity index (χ0v) is 9.43. The molecular weight excluding hydrogens is 204 g/mol. The second-order valence-electron chi connectivity index (χ2n) is 4.15. The van der Waals surface area contributed by atoms with E-state index in [1.54, 1.807) is 30.3 Å². The first-order valence-corrected chi connectivity index (χ1v) is 5.31. The molecule has 84 valence electrons. The standard InChI is InChI=1S/C12H14N2O2/c1-8-3-4-9(7-13-8)11(15)10-5-6-14(2)12(10)16/h3-4,7,10H,5-6H2,1-2H3. The maximum Gasteiger partial charge on any atom is 0.233 e. The lowest BCUT2D eigenvalue weighted by atomic mass is 9.97. The van der Waals surface area contributed by atoms with Crippen LogP contribution in [0.25, 0.3) is 0 Å². The number of ketones is 1. The summed E-state index contributed by atoms with van der Waals surface area (Å²) < 4.78 is 0. The summed E-state index contributed by atoms with van der Waals surface area (Å²) in [5.41, 5.74) is 1.39. The number of hydrogen-bond acceptors (Lipinski definition) is 3. The highest BCUT2D eigenvalue weighted by Crippen LogP contribution is 2.20. The van der Waals surface area contributed by atoms with Crippen LogP contribution in [-0.2, 0) is 4.79 Å². The molecule has 0 spiro atoms. The fourth-order valence-electron chi connectivity index (χ4n) is 1.88. The maximum absolute atomic E-state index is 12.0. The summed E-state index contributed by atoms with van der Waals surface area (Å²) in [6.07, 6.45) is 2.16. The Labute approximate surface area is 94.3 Å². The number of carbonyl (C=O) groups is 2. The van der Waals surface area contributed by atoms with Crippen molar-refractivity contribution in [2.24, 2.45) is 5.92 Å². The molecule has 0 saturated carbocycles. The molecule has 1 unspecified atom stereocenters. The van der Waals surface area contributed by atoms with Crippen molar-refractivity contribution in [1.82, 2.24) is 9.88 Å². The van der Waals surface area contributed by atoms with Crippen molar-refractivity contribution in [3.63, 3.8) is 0 Å². The van der Waals surface area contributed by atoms with Gasteiger partial charge in [-0.2, -0.15) is 0 Å². The van der Waals surface area contributed by atoms with Crippen LogP contribution in [0.15, 0.2) is 18.3 Å². The van der Waals surface area contributed by atoms with Gasteiger partial charge in [0.2, 0.25) is 5.91 Å². The summed E-state index contributed by atoms with van der Waals surface area (Å²) >= 11 is 0. The number of amides is 1. The third kappa shape index (κ3) is 1.83. The number of nitrogens with zero attached hydrogens (tertiary/aromatic N) is 2. The van der Waals surface area contributed by atoms with Crippen LogP contribution < -0.4 is 0 Å². The fourth-order valence-corrected chi connectivity index (χ4v) is 1.88. The number of hydrogen-bond donors (Lipinski definition) is 0. The number of rotatable bonds is 2. The van der Waals surface area contributed by atoms with Crippen molar-refractivity contribution in [3.8, 4) is 0 Å². The second kappa shape index (κ2) is 4.04. The van der Waals surface area contributed by atoms with E-state index in [1.165, 1.54) is 0 Å². The molecule has 1 aliphatic heterocycles. The zero-order valence-electron chi connectivity index (χ0n) is 9.43. The van der Waals surface area contributed by atoms with Gasteiger partial charge in [-0.3, -0.25) is 14.6 Å². The van der Waals surface area contributed by atoms with Crippen LogP contribution in [0, 0.1) is 12.8 Å². The van der Waals surface area contributed by atoms with Crippen LogP contribution in [0.4, 0.5) is 0 Å². The van der Waals surface area contributed by atoms with E-state index < -0.39 is 5.92 Å². The van der Waals surface area contributed by atoms with Crippen LogP contribution in [0.5, 0.6) is 0 Å². The normalized spacial score (nSPS) is 20.2. The molecule has 0 bridgehead atoms. The SMILES string of the molecule is Cc1ccc(C(=O)C2CCN(C)C2=O)cn1. The highest BCUT2D eigenvalue weighted by molar-refractivity contribution is 6.10. The van der Waals surface area contributed by atoms with Gasteiger partial charge in [0.05, 0.1) is 0 Å². The molecule has 0 aliphatic carbocycles. The van der Waals surface area contributed by atoms with Gasteiger partial charge in [0, 0.05) is 31.0 Å². The number of aryl methyl sites for hydroxylation is 1. The Bertz CT molecular complexity index is 425. The van der Waals surface area contributed by atoms with Gasteiger partial charge in [-0.05, 0) is 25.5 Å². The topological polar surface area (TPSA) is 50.3 Å². The van der Waals surface area contributed by atoms with Gasteiger partial charge in [0.25, 0.3) is 0 Å². The van der Waals surface area contributed by atoms with E-state index in [2.05, 4.69) is 4.98 Å². The first-order valence-electron chi connectivity index (χ1n) is 5.31. The van der Waals surface area contributed by atoms with E-state index in [4.69, 9.17) is 0 Å². The fraction of sp³-hybridized carbons (Fsp3) is 0.417. The first kappa shape index (κ1) is 10.8. The molecule has 1 aliphatic rings. The largest absolute Gasteiger partial charge is 0.345 e. The quantitative estimate of drug-likeness (QED) is 0.550. The minimum atomic E-state index is -0.505. The van der Waals surface area contributed by atoms with E-state index in [9.17, 15) is 9.59 Å². The Kier molecular flexibility index (Phi) is 2.73. The average Bonchev–Trinajstić information content (AvgIpc) is 2.60. The summed E-state index contributed by atoms with van der Waals surface area (Å²) in [7, 11) is 1.73. The molecule has 1 amide bonds. The molecule has 2 rings (SSSR count). The lowest BCUT2D eigenvalue weighted by molar-refractivity contribution is -0.128. The molecule has 0 aromatic carbocycles. The minimum absolute atomic E-state index is 0.0782. The molecule has 16 heavy (non-hydrogen) atoms. The predicted molar refractivity (Wildman–Crippen MR) is 59.0 cm³/mol. The van der Waals surface area contributed by atoms with Gasteiger partial charge in [0.1, 0.15) is 5.92 Å². The second-order valence-corrected chi connectivity index (χ2v) is 4.15. The lowest BCUT2D eigenvalue weighted by Gasteiger charge is -2.09. The highest BCUT2D eigenvalue weighted by Gasteiger charge is 2.35. The summed E-state index contributed by atoms with van der Waals surface area (Å²) in [6.45, 7) is 2.53. The molecule has 1 aromatic rings. The number of carbonyl (C=O) groups excluding carboxylic acids is 2. The van der Waals surface area contributed by atoms with Crippen LogP contribution >= 0.6 is 0 Å². The number of pyridine rings is 1. The van der Waals surface area contributed by atoms with Gasteiger partial charge in [-0.15, -0.1) is 0 Å². The van der Waals surface area contributed by atoms with Crippen LogP contribution in [0.3, 0.4) is 0 Å². The summed E-state index contributed by atoms with van der Waals surface area (Å²) in [5, 5.41) is 0. The predicted octanol–water partition coefficient (Wildman–Crippen LogP) is 1.05. The number of Topliss-reactive ketones (excluding diaryl/α,β-unsaturated/α-hetero) is 1. The van der Waals surface area contributed by atoms with Crippen molar-refractivity contribution < 1.29 is 9.59 Å². The van der Waals surface area contributed by atoms with Crippen molar-refractivity contribution in [1.29, 1.82) is 0 Å². The van der Waals surface area contributed by atoms with Gasteiger partial charge >= 0.3 is 0 Å². The van der Waals surface area contributed by atoms with Crippen molar-refractivity contribution in [2.45, 2.75) is 13.3 Å². The molecule has 1 saturated heterocycles. The van der Waals surface area contributed by atoms with E-state index in [1.807, 2.05) is 6.92 Å². The summed E-state index contributed by atoms with van der Waals surface area (Å²) in [5.74, 6) is -0.693. The Balaban J connectivity index is 2.20. The van der Waals surface area contributed by atoms with E-state index in [0.29, 0.717) is 18.5 Å². The van der Waals surface area contributed by atoms with Gasteiger partial charge < -0.3 is 4.90 Å². The number of aromatic nitrogens is 1. The summed E-state index contributed by atoms with van der Waals surface area (Å²) in [4.78, 5) is 29.4. The van der Waals surface area contributed by atoms with E-state index in [0.717, 1.165) is 5.69 Å². The Morgan fingerprint density at radius 2 is 2.25 bits per heavy atom. The lowest BCUT2D eigenvalue weighted by Crippen LogP contribution is -2.27. The average molecular weight is 218 g/mol. The molecule has 4 nitrogen and oxygen atoms in total. The third-order valence-corrected chi connectivity index (χ3v) is 2.94. The van der Waals surface area contributed by atoms with Crippen LogP contribution in [0.1, 0.15) is 22.5 Å². The zero-order chi connectivity index (χ0) is 11.7. The van der Waals surface area contributed by atoms with Crippen LogP contribution in [0.2, 0.25) is 0 Å². The molecule has 1 atom stereocenters. The molecule has 2 heterocycles. The third-order valence-electron chi connectivity index (χ3n) is 2.94. The Hall–Kier alpha value is -1.71. The first-order chi connectivity index (χ1) is 7.59. The molecule has 1 aromatic heterocycles. The van der Waals surface area contributed by atoms with Crippen molar-refractivity contribution in [2.75, 3.05) is 13.6 Å². The molecular formula is C12H14N2O2. The van der Waals surface area contributed by atoms with Gasteiger partial charge in [0.15, 0.2) is 5.78 Å². The number of likely N-dealkylation sites (tertiary alicyclic amines) is 1. The maximum atomic E-state index is 12.0. The summed E-state index contributed by atoms with van der Waals surface area (Å²) in [6, 6.07) is 3.52. The molecule has 0 radical (unpaired) electrons.